The molecule has 3 aromatic rings. The molecule has 2 aromatic carbocycles. The maximum Gasteiger partial charge on any atom is 0.416 e. The van der Waals surface area contributed by atoms with Gasteiger partial charge in [-0.25, -0.2) is 13.2 Å². The zero-order chi connectivity index (χ0) is 20.7. The van der Waals surface area contributed by atoms with Crippen LogP contribution in [-0.2, 0) is 20.9 Å². The van der Waals surface area contributed by atoms with Gasteiger partial charge in [0.15, 0.2) is 5.69 Å². The number of methoxy groups -OCH3 is 1. The van der Waals surface area contributed by atoms with Gasteiger partial charge in [0, 0.05) is 11.1 Å². The highest BCUT2D eigenvalue weighted by atomic mass is 35.5. The number of carbonyl (C=O) groups excluding carboxylic acids is 1. The molecule has 0 saturated heterocycles. The number of halogens is 4. The van der Waals surface area contributed by atoms with Gasteiger partial charge in [-0.2, -0.15) is 18.3 Å². The lowest BCUT2D eigenvalue weighted by Crippen LogP contribution is -2.15. The van der Waals surface area contributed by atoms with E-state index in [1.54, 1.807) is 0 Å². The zero-order valence-corrected chi connectivity index (χ0v) is 15.5. The molecule has 0 fully saturated rings. The van der Waals surface area contributed by atoms with Crippen molar-refractivity contribution in [1.29, 1.82) is 0 Å². The van der Waals surface area contributed by atoms with Gasteiger partial charge in [0.2, 0.25) is 0 Å². The van der Waals surface area contributed by atoms with Crippen LogP contribution in [0.2, 0.25) is 5.02 Å². The Balaban J connectivity index is 2.02. The maximum atomic E-state index is 12.9. The van der Waals surface area contributed by atoms with Gasteiger partial charge in [-0.15, -0.1) is 0 Å². The number of hydrogen-bond donors (Lipinski definition) is 2. The van der Waals surface area contributed by atoms with Crippen LogP contribution in [-0.4, -0.2) is 31.7 Å². The summed E-state index contributed by atoms with van der Waals surface area (Å²) in [6, 6.07) is 6.07. The number of benzene rings is 2. The van der Waals surface area contributed by atoms with Crippen molar-refractivity contribution in [2.24, 2.45) is 0 Å². The lowest BCUT2D eigenvalue weighted by atomic mass is 10.2. The molecule has 7 nitrogen and oxygen atoms in total. The summed E-state index contributed by atoms with van der Waals surface area (Å²) in [5.74, 6) is -0.743. The number of aromatic amines is 1. The molecule has 0 radical (unpaired) electrons. The lowest BCUT2D eigenvalue weighted by molar-refractivity contribution is -0.137. The number of anilines is 1. The highest BCUT2D eigenvalue weighted by Crippen LogP contribution is 2.34. The van der Waals surface area contributed by atoms with Crippen LogP contribution >= 0.6 is 11.6 Å². The molecule has 0 aliphatic carbocycles. The summed E-state index contributed by atoms with van der Waals surface area (Å²) in [5.41, 5.74) is -0.806. The van der Waals surface area contributed by atoms with Crippen molar-refractivity contribution >= 4 is 44.2 Å². The van der Waals surface area contributed by atoms with Crippen LogP contribution in [0.3, 0.4) is 0 Å². The van der Waals surface area contributed by atoms with E-state index in [1.807, 2.05) is 0 Å². The Kier molecular flexibility index (Phi) is 4.98. The molecule has 0 aliphatic heterocycles. The molecular formula is C16H11ClF3N3O4S. The fraction of sp³-hybridized carbons (Fsp3) is 0.125. The fourth-order valence-corrected chi connectivity index (χ4v) is 4.00. The average Bonchev–Trinajstić information content (AvgIpc) is 3.03. The molecule has 28 heavy (non-hydrogen) atoms. The van der Waals surface area contributed by atoms with Crippen molar-refractivity contribution in [3.8, 4) is 0 Å². The predicted molar refractivity (Wildman–Crippen MR) is 94.7 cm³/mol. The number of carbonyl (C=O) groups is 1. The Morgan fingerprint density at radius 1 is 1.21 bits per heavy atom. The maximum absolute atomic E-state index is 12.9. The van der Waals surface area contributed by atoms with E-state index < -0.39 is 32.6 Å². The number of ether oxygens (including phenoxy) is 1. The second-order valence-electron chi connectivity index (χ2n) is 5.57. The average molecular weight is 434 g/mol. The third-order valence-corrected chi connectivity index (χ3v) is 5.60. The number of H-pyrrole nitrogens is 1. The Bertz CT molecular complexity index is 1180. The molecule has 148 valence electrons. The van der Waals surface area contributed by atoms with E-state index in [4.69, 9.17) is 11.6 Å². The largest absolute Gasteiger partial charge is 0.464 e. The molecule has 0 saturated carbocycles. The molecule has 0 bridgehead atoms. The number of esters is 1. The van der Waals surface area contributed by atoms with Crippen LogP contribution < -0.4 is 4.72 Å². The van der Waals surface area contributed by atoms with E-state index in [0.717, 1.165) is 13.2 Å². The van der Waals surface area contributed by atoms with E-state index in [2.05, 4.69) is 19.7 Å². The zero-order valence-electron chi connectivity index (χ0n) is 14.0. The number of fused-ring (bicyclic) bond motifs is 1. The predicted octanol–water partition coefficient (Wildman–Crippen LogP) is 3.82. The van der Waals surface area contributed by atoms with Crippen LogP contribution in [0.4, 0.5) is 18.9 Å². The second kappa shape index (κ2) is 6.99. The topological polar surface area (TPSA) is 101 Å². The van der Waals surface area contributed by atoms with Gasteiger partial charge in [0.25, 0.3) is 10.0 Å². The van der Waals surface area contributed by atoms with Gasteiger partial charge in [0.05, 0.1) is 23.2 Å². The van der Waals surface area contributed by atoms with E-state index in [0.29, 0.717) is 17.6 Å². The van der Waals surface area contributed by atoms with Crippen molar-refractivity contribution < 1.29 is 31.1 Å². The number of aromatic nitrogens is 2. The molecular weight excluding hydrogens is 423 g/mol. The Labute approximate surface area is 161 Å². The van der Waals surface area contributed by atoms with E-state index in [9.17, 15) is 26.4 Å². The number of nitrogens with one attached hydrogen (secondary N) is 2. The third-order valence-electron chi connectivity index (χ3n) is 3.74. The summed E-state index contributed by atoms with van der Waals surface area (Å²) in [5, 5.41) is 6.27. The number of hydrogen-bond acceptors (Lipinski definition) is 5. The highest BCUT2D eigenvalue weighted by Gasteiger charge is 2.32. The number of sulfonamides is 1. The summed E-state index contributed by atoms with van der Waals surface area (Å²) in [7, 11) is -3.29. The second-order valence-corrected chi connectivity index (χ2v) is 7.63. The smallest absolute Gasteiger partial charge is 0.416 e. The van der Waals surface area contributed by atoms with Gasteiger partial charge in [-0.1, -0.05) is 11.6 Å². The minimum absolute atomic E-state index is 0.00692. The van der Waals surface area contributed by atoms with Crippen LogP contribution in [0.1, 0.15) is 16.1 Å². The summed E-state index contributed by atoms with van der Waals surface area (Å²) in [6.07, 6.45) is -4.74. The first-order valence-electron chi connectivity index (χ1n) is 7.49. The van der Waals surface area contributed by atoms with Gasteiger partial charge < -0.3 is 4.74 Å². The summed E-state index contributed by atoms with van der Waals surface area (Å²) < 4.78 is 70.6. The van der Waals surface area contributed by atoms with Gasteiger partial charge in [-0.05, 0) is 36.4 Å². The molecule has 3 rings (SSSR count). The minimum atomic E-state index is -4.74. The summed E-state index contributed by atoms with van der Waals surface area (Å²) >= 11 is 5.80. The van der Waals surface area contributed by atoms with Crippen LogP contribution in [0.25, 0.3) is 10.9 Å². The van der Waals surface area contributed by atoms with Gasteiger partial charge in [0.1, 0.15) is 4.90 Å². The summed E-state index contributed by atoms with van der Waals surface area (Å²) in [4.78, 5) is 11.0. The SMILES string of the molecule is COC(=O)c1n[nH]c2ccc(NS(=O)(=O)c3cc(C(F)(F)F)ccc3Cl)cc12. The Hall–Kier alpha value is -2.79. The first-order valence-corrected chi connectivity index (χ1v) is 9.35. The molecule has 12 heteroatoms. The van der Waals surface area contributed by atoms with Crippen LogP contribution in [0.5, 0.6) is 0 Å². The number of alkyl halides is 3. The standard InChI is InChI=1S/C16H11ClF3N3O4S/c1-27-15(24)14-10-7-9(3-5-12(10)21-22-14)23-28(25,26)13-6-8(16(18,19)20)2-4-11(13)17/h2-7,23H,1H3,(H,21,22). The highest BCUT2D eigenvalue weighted by molar-refractivity contribution is 7.92. The minimum Gasteiger partial charge on any atom is -0.464 e. The molecule has 1 aromatic heterocycles. The fourth-order valence-electron chi connectivity index (χ4n) is 2.43. The molecule has 1 heterocycles. The normalized spacial score (nSPS) is 12.2. The van der Waals surface area contributed by atoms with Crippen molar-refractivity contribution in [3.63, 3.8) is 0 Å². The third kappa shape index (κ3) is 3.76. The van der Waals surface area contributed by atoms with E-state index in [-0.39, 0.29) is 21.8 Å². The molecule has 0 spiro atoms. The molecule has 0 atom stereocenters. The van der Waals surface area contributed by atoms with Crippen LogP contribution in [0.15, 0.2) is 41.3 Å². The van der Waals surface area contributed by atoms with Crippen molar-refractivity contribution in [3.05, 3.63) is 52.7 Å². The van der Waals surface area contributed by atoms with Crippen LogP contribution in [0, 0.1) is 0 Å². The Morgan fingerprint density at radius 3 is 2.57 bits per heavy atom. The van der Waals surface area contributed by atoms with Gasteiger partial charge >= 0.3 is 12.1 Å². The quantitative estimate of drug-likeness (QED) is 0.609. The first kappa shape index (κ1) is 20.0. The molecule has 0 unspecified atom stereocenters. The van der Waals surface area contributed by atoms with Crippen molar-refractivity contribution in [1.82, 2.24) is 10.2 Å². The number of nitrogens with zero attached hydrogens (tertiary/aromatic N) is 1. The summed E-state index contributed by atoms with van der Waals surface area (Å²) in [6.45, 7) is 0. The molecule has 2 N–H and O–H groups in total. The Morgan fingerprint density at radius 2 is 1.93 bits per heavy atom. The molecule has 0 aliphatic rings. The van der Waals surface area contributed by atoms with Crippen molar-refractivity contribution in [2.45, 2.75) is 11.1 Å². The van der Waals surface area contributed by atoms with Gasteiger partial charge in [-0.3, -0.25) is 9.82 Å². The van der Waals surface area contributed by atoms with Crippen molar-refractivity contribution in [2.75, 3.05) is 11.8 Å². The first-order chi connectivity index (χ1) is 13.0. The monoisotopic (exact) mass is 433 g/mol. The van der Waals surface area contributed by atoms with E-state index >= 15 is 0 Å². The number of rotatable bonds is 4. The lowest BCUT2D eigenvalue weighted by Gasteiger charge is -2.12. The van der Waals surface area contributed by atoms with E-state index in [1.165, 1.54) is 18.2 Å². The molecule has 0 amide bonds.